The van der Waals surface area contributed by atoms with Crippen molar-refractivity contribution in [3.8, 4) is 0 Å². The average molecular weight is 237 g/mol. The van der Waals surface area contributed by atoms with Gasteiger partial charge in [0.1, 0.15) is 0 Å². The van der Waals surface area contributed by atoms with Crippen LogP contribution in [0.25, 0.3) is 0 Å². The summed E-state index contributed by atoms with van der Waals surface area (Å²) in [5, 5.41) is 9.03. The van der Waals surface area contributed by atoms with Gasteiger partial charge in [-0.3, -0.25) is 0 Å². The number of aliphatic hydroxyl groups excluding tert-OH is 1. The lowest BCUT2D eigenvalue weighted by atomic mass is 9.99. The minimum Gasteiger partial charge on any atom is -0.396 e. The molecule has 2 atom stereocenters. The van der Waals surface area contributed by atoms with Crippen LogP contribution < -0.4 is 0 Å². The van der Waals surface area contributed by atoms with Crippen LogP contribution in [0.5, 0.6) is 0 Å². The van der Waals surface area contributed by atoms with Crippen LogP contribution in [0.1, 0.15) is 18.9 Å². The van der Waals surface area contributed by atoms with Gasteiger partial charge in [-0.05, 0) is 24.0 Å². The SMILES string of the molecule is CC1(c2cc(Cl)sc2Cl)CC1CO. The number of hydrogen-bond acceptors (Lipinski definition) is 2. The Labute approximate surface area is 91.3 Å². The fourth-order valence-corrected chi connectivity index (χ4v) is 3.51. The maximum absolute atomic E-state index is 9.03. The number of hydrogen-bond donors (Lipinski definition) is 1. The number of aliphatic hydroxyl groups is 1. The molecule has 0 amide bonds. The average Bonchev–Trinajstić information content (AvgIpc) is 2.61. The Kier molecular flexibility index (Phi) is 2.35. The largest absolute Gasteiger partial charge is 0.396 e. The first-order valence-corrected chi connectivity index (χ1v) is 5.71. The normalized spacial score (nSPS) is 32.2. The minimum absolute atomic E-state index is 0.0650. The monoisotopic (exact) mass is 236 g/mol. The summed E-state index contributed by atoms with van der Waals surface area (Å²) in [7, 11) is 0. The number of thiophene rings is 1. The first kappa shape index (κ1) is 9.78. The van der Waals surface area contributed by atoms with E-state index in [0.29, 0.717) is 5.92 Å². The molecular weight excluding hydrogens is 227 g/mol. The highest BCUT2D eigenvalue weighted by atomic mass is 35.5. The molecule has 0 aromatic carbocycles. The Morgan fingerprint density at radius 1 is 1.69 bits per heavy atom. The highest BCUT2D eigenvalue weighted by Gasteiger charge is 2.52. The van der Waals surface area contributed by atoms with Crippen molar-refractivity contribution >= 4 is 34.5 Å². The van der Waals surface area contributed by atoms with Gasteiger partial charge >= 0.3 is 0 Å². The molecular formula is C9H10Cl2OS. The number of halogens is 2. The highest BCUT2D eigenvalue weighted by Crippen LogP contribution is 2.57. The van der Waals surface area contributed by atoms with Gasteiger partial charge in [0, 0.05) is 12.0 Å². The zero-order valence-corrected chi connectivity index (χ0v) is 9.51. The minimum atomic E-state index is 0.0650. The van der Waals surface area contributed by atoms with E-state index in [0.717, 1.165) is 20.7 Å². The molecule has 1 aromatic rings. The van der Waals surface area contributed by atoms with Crippen molar-refractivity contribution in [1.29, 1.82) is 0 Å². The summed E-state index contributed by atoms with van der Waals surface area (Å²) in [6.45, 7) is 2.36. The quantitative estimate of drug-likeness (QED) is 0.836. The second-order valence-electron chi connectivity index (χ2n) is 3.74. The van der Waals surface area contributed by atoms with Gasteiger partial charge in [0.2, 0.25) is 0 Å². The van der Waals surface area contributed by atoms with Gasteiger partial charge < -0.3 is 5.11 Å². The summed E-state index contributed by atoms with van der Waals surface area (Å²) in [5.41, 5.74) is 1.17. The van der Waals surface area contributed by atoms with Crippen LogP contribution in [0.2, 0.25) is 8.67 Å². The summed E-state index contributed by atoms with van der Waals surface area (Å²) < 4.78 is 1.49. The first-order chi connectivity index (χ1) is 6.08. The van der Waals surface area contributed by atoms with Crippen LogP contribution in [-0.4, -0.2) is 11.7 Å². The molecule has 1 heterocycles. The lowest BCUT2D eigenvalue weighted by Gasteiger charge is -2.08. The zero-order chi connectivity index (χ0) is 9.64. The molecule has 1 nitrogen and oxygen atoms in total. The van der Waals surface area contributed by atoms with E-state index in [4.69, 9.17) is 28.3 Å². The molecule has 2 rings (SSSR count). The van der Waals surface area contributed by atoms with Gasteiger partial charge in [0.05, 0.1) is 8.67 Å². The van der Waals surface area contributed by atoms with Crippen molar-refractivity contribution in [1.82, 2.24) is 0 Å². The van der Waals surface area contributed by atoms with Gasteiger partial charge in [0.15, 0.2) is 0 Å². The Balaban J connectivity index is 2.32. The van der Waals surface area contributed by atoms with Crippen LogP contribution in [0, 0.1) is 5.92 Å². The predicted octanol–water partition coefficient (Wildman–Crippen LogP) is 3.32. The van der Waals surface area contributed by atoms with Gasteiger partial charge in [-0.1, -0.05) is 30.1 Å². The molecule has 1 aliphatic carbocycles. The Morgan fingerprint density at radius 3 is 2.77 bits per heavy atom. The van der Waals surface area contributed by atoms with Gasteiger partial charge in [0.25, 0.3) is 0 Å². The summed E-state index contributed by atoms with van der Waals surface area (Å²) in [5.74, 6) is 0.357. The van der Waals surface area contributed by atoms with E-state index in [1.165, 1.54) is 11.3 Å². The van der Waals surface area contributed by atoms with E-state index >= 15 is 0 Å². The second-order valence-corrected chi connectivity index (χ2v) is 6.02. The maximum Gasteiger partial charge on any atom is 0.0981 e. The second kappa shape index (κ2) is 3.13. The topological polar surface area (TPSA) is 20.2 Å². The van der Waals surface area contributed by atoms with Gasteiger partial charge in [-0.2, -0.15) is 0 Å². The van der Waals surface area contributed by atoms with E-state index in [9.17, 15) is 0 Å². The Bertz CT molecular complexity index is 336. The van der Waals surface area contributed by atoms with Crippen LogP contribution in [0.4, 0.5) is 0 Å². The maximum atomic E-state index is 9.03. The molecule has 1 saturated carbocycles. The standard InChI is InChI=1S/C9H10Cl2OS/c1-9(3-5(9)4-12)6-2-7(10)13-8(6)11/h2,5,12H,3-4H2,1H3. The lowest BCUT2D eigenvalue weighted by molar-refractivity contribution is 0.266. The van der Waals surface area contributed by atoms with E-state index in [2.05, 4.69) is 6.92 Å². The third kappa shape index (κ3) is 1.50. The van der Waals surface area contributed by atoms with Crippen LogP contribution in [-0.2, 0) is 5.41 Å². The fourth-order valence-electron chi connectivity index (χ4n) is 1.78. The molecule has 0 aliphatic heterocycles. The van der Waals surface area contributed by atoms with Crippen molar-refractivity contribution in [3.05, 3.63) is 20.3 Å². The highest BCUT2D eigenvalue weighted by molar-refractivity contribution is 7.20. The van der Waals surface area contributed by atoms with Crippen molar-refractivity contribution in [3.63, 3.8) is 0 Å². The fraction of sp³-hybridized carbons (Fsp3) is 0.556. The molecule has 1 fully saturated rings. The smallest absolute Gasteiger partial charge is 0.0981 e. The molecule has 1 N–H and O–H groups in total. The molecule has 0 spiro atoms. The molecule has 0 bridgehead atoms. The molecule has 13 heavy (non-hydrogen) atoms. The Morgan fingerprint density at radius 2 is 2.38 bits per heavy atom. The van der Waals surface area contributed by atoms with Gasteiger partial charge in [-0.25, -0.2) is 0 Å². The van der Waals surface area contributed by atoms with Crippen LogP contribution >= 0.6 is 34.5 Å². The summed E-state index contributed by atoms with van der Waals surface area (Å²) >= 11 is 13.3. The number of rotatable bonds is 2. The third-order valence-electron chi connectivity index (χ3n) is 2.90. The van der Waals surface area contributed by atoms with E-state index in [1.54, 1.807) is 0 Å². The van der Waals surface area contributed by atoms with Crippen LogP contribution in [0.3, 0.4) is 0 Å². The van der Waals surface area contributed by atoms with Crippen molar-refractivity contribution in [2.75, 3.05) is 6.61 Å². The van der Waals surface area contributed by atoms with Gasteiger partial charge in [-0.15, -0.1) is 11.3 Å². The molecule has 2 unspecified atom stereocenters. The Hall–Kier alpha value is 0.240. The molecule has 72 valence electrons. The molecule has 0 saturated heterocycles. The summed E-state index contributed by atoms with van der Waals surface area (Å²) in [6.07, 6.45) is 1.01. The van der Waals surface area contributed by atoms with E-state index in [-0.39, 0.29) is 12.0 Å². The van der Waals surface area contributed by atoms with Crippen molar-refractivity contribution < 1.29 is 5.11 Å². The first-order valence-electron chi connectivity index (χ1n) is 4.14. The summed E-state index contributed by atoms with van der Waals surface area (Å²) in [4.78, 5) is 0. The van der Waals surface area contributed by atoms with Crippen molar-refractivity contribution in [2.24, 2.45) is 5.92 Å². The predicted molar refractivity (Wildman–Crippen MR) is 56.9 cm³/mol. The lowest BCUT2D eigenvalue weighted by Crippen LogP contribution is -2.05. The molecule has 1 aromatic heterocycles. The van der Waals surface area contributed by atoms with Crippen LogP contribution in [0.15, 0.2) is 6.07 Å². The van der Waals surface area contributed by atoms with Crippen molar-refractivity contribution in [2.45, 2.75) is 18.8 Å². The molecule has 0 radical (unpaired) electrons. The molecule has 4 heteroatoms. The van der Waals surface area contributed by atoms with E-state index < -0.39 is 0 Å². The molecule has 1 aliphatic rings. The third-order valence-corrected chi connectivity index (χ3v) is 4.39. The summed E-state index contributed by atoms with van der Waals surface area (Å²) in [6, 6.07) is 1.92. The van der Waals surface area contributed by atoms with E-state index in [1.807, 2.05) is 6.07 Å². The zero-order valence-electron chi connectivity index (χ0n) is 7.18.